The molecule has 0 saturated heterocycles. The standard InChI is InChI=1S/C12H14O3/c1-9(2)15-11-6-3-10(4-7-11)5-8-12(13)14/h3-9H,1-2H3,(H,13,14)/p-1/b8-5+. The first kappa shape index (κ1) is 11.3. The van der Waals surface area contributed by atoms with E-state index in [0.29, 0.717) is 0 Å². The topological polar surface area (TPSA) is 49.4 Å². The van der Waals surface area contributed by atoms with Crippen molar-refractivity contribution in [2.24, 2.45) is 0 Å². The second-order valence-corrected chi connectivity index (χ2v) is 3.39. The van der Waals surface area contributed by atoms with Gasteiger partial charge < -0.3 is 14.6 Å². The smallest absolute Gasteiger partial charge is 0.119 e. The van der Waals surface area contributed by atoms with Crippen molar-refractivity contribution in [2.75, 3.05) is 0 Å². The molecular formula is C12H13O3-. The molecule has 0 aromatic heterocycles. The van der Waals surface area contributed by atoms with E-state index in [9.17, 15) is 9.90 Å². The van der Waals surface area contributed by atoms with Crippen LogP contribution in [0.2, 0.25) is 0 Å². The molecule has 1 aromatic carbocycles. The van der Waals surface area contributed by atoms with Gasteiger partial charge in [-0.25, -0.2) is 0 Å². The van der Waals surface area contributed by atoms with Gasteiger partial charge >= 0.3 is 0 Å². The van der Waals surface area contributed by atoms with Crippen LogP contribution < -0.4 is 9.84 Å². The minimum absolute atomic E-state index is 0.134. The van der Waals surface area contributed by atoms with Gasteiger partial charge in [-0.1, -0.05) is 18.2 Å². The third-order valence-electron chi connectivity index (χ3n) is 1.66. The Morgan fingerprint density at radius 2 is 1.93 bits per heavy atom. The van der Waals surface area contributed by atoms with Crippen molar-refractivity contribution < 1.29 is 14.6 Å². The van der Waals surface area contributed by atoms with Crippen molar-refractivity contribution >= 4 is 12.0 Å². The Hall–Kier alpha value is -1.77. The molecular weight excluding hydrogens is 192 g/mol. The van der Waals surface area contributed by atoms with Crippen LogP contribution in [0, 0.1) is 0 Å². The van der Waals surface area contributed by atoms with Gasteiger partial charge in [-0.05, 0) is 37.6 Å². The van der Waals surface area contributed by atoms with E-state index >= 15 is 0 Å². The third kappa shape index (κ3) is 4.31. The summed E-state index contributed by atoms with van der Waals surface area (Å²) in [7, 11) is 0. The van der Waals surface area contributed by atoms with E-state index in [-0.39, 0.29) is 6.10 Å². The third-order valence-corrected chi connectivity index (χ3v) is 1.66. The van der Waals surface area contributed by atoms with Crippen molar-refractivity contribution in [2.45, 2.75) is 20.0 Å². The molecule has 15 heavy (non-hydrogen) atoms. The highest BCUT2D eigenvalue weighted by Gasteiger charge is 1.95. The molecule has 0 saturated carbocycles. The van der Waals surface area contributed by atoms with E-state index in [1.165, 1.54) is 6.08 Å². The summed E-state index contributed by atoms with van der Waals surface area (Å²) in [5.74, 6) is -0.423. The number of carboxylic acids is 1. The molecule has 0 aliphatic carbocycles. The Balaban J connectivity index is 2.68. The molecule has 1 rings (SSSR count). The van der Waals surface area contributed by atoms with Gasteiger partial charge in [-0.15, -0.1) is 0 Å². The van der Waals surface area contributed by atoms with Crippen LogP contribution in [0.25, 0.3) is 6.08 Å². The lowest BCUT2D eigenvalue weighted by atomic mass is 10.2. The van der Waals surface area contributed by atoms with Crippen LogP contribution in [0.5, 0.6) is 5.75 Å². The predicted octanol–water partition coefficient (Wildman–Crippen LogP) is 1.24. The molecule has 0 bridgehead atoms. The molecule has 0 atom stereocenters. The molecule has 0 aliphatic rings. The summed E-state index contributed by atoms with van der Waals surface area (Å²) in [6.45, 7) is 3.90. The number of ether oxygens (including phenoxy) is 1. The Morgan fingerprint density at radius 1 is 1.33 bits per heavy atom. The number of hydrogen-bond acceptors (Lipinski definition) is 3. The number of carbonyl (C=O) groups is 1. The molecule has 0 unspecified atom stereocenters. The largest absolute Gasteiger partial charge is 0.545 e. The van der Waals surface area contributed by atoms with Crippen LogP contribution in [0.4, 0.5) is 0 Å². The number of rotatable bonds is 4. The Kier molecular flexibility index (Phi) is 3.92. The first-order chi connectivity index (χ1) is 7.08. The molecule has 0 amide bonds. The minimum atomic E-state index is -1.20. The average molecular weight is 205 g/mol. The predicted molar refractivity (Wildman–Crippen MR) is 56.2 cm³/mol. The molecule has 1 aromatic rings. The summed E-state index contributed by atoms with van der Waals surface area (Å²) in [6, 6.07) is 7.18. The van der Waals surface area contributed by atoms with Gasteiger partial charge in [0.25, 0.3) is 0 Å². The molecule has 3 heteroatoms. The lowest BCUT2D eigenvalue weighted by Crippen LogP contribution is -2.18. The summed E-state index contributed by atoms with van der Waals surface area (Å²) < 4.78 is 5.44. The average Bonchev–Trinajstić information content (AvgIpc) is 2.16. The van der Waals surface area contributed by atoms with Gasteiger partial charge in [0.1, 0.15) is 5.75 Å². The Morgan fingerprint density at radius 3 is 2.40 bits per heavy atom. The second kappa shape index (κ2) is 5.20. The van der Waals surface area contributed by atoms with Crippen LogP contribution in [0.15, 0.2) is 30.3 Å². The summed E-state index contributed by atoms with van der Waals surface area (Å²) in [4.78, 5) is 10.2. The molecule has 0 aliphatic heterocycles. The highest BCUT2D eigenvalue weighted by atomic mass is 16.5. The normalized spacial score (nSPS) is 10.9. The number of hydrogen-bond donors (Lipinski definition) is 0. The van der Waals surface area contributed by atoms with E-state index in [0.717, 1.165) is 17.4 Å². The van der Waals surface area contributed by atoms with E-state index in [2.05, 4.69) is 0 Å². The van der Waals surface area contributed by atoms with E-state index < -0.39 is 5.97 Å². The Bertz CT molecular complexity index is 350. The molecule has 0 N–H and O–H groups in total. The number of carboxylic acid groups (broad SMARTS) is 1. The fourth-order valence-electron chi connectivity index (χ4n) is 1.09. The zero-order chi connectivity index (χ0) is 11.3. The van der Waals surface area contributed by atoms with Crippen LogP contribution >= 0.6 is 0 Å². The molecule has 80 valence electrons. The SMILES string of the molecule is CC(C)Oc1ccc(/C=C/C(=O)[O-])cc1. The van der Waals surface area contributed by atoms with Gasteiger partial charge in [0.05, 0.1) is 12.1 Å². The van der Waals surface area contributed by atoms with Crippen LogP contribution in [0.3, 0.4) is 0 Å². The maximum Gasteiger partial charge on any atom is 0.119 e. The zero-order valence-electron chi connectivity index (χ0n) is 8.77. The first-order valence-corrected chi connectivity index (χ1v) is 4.73. The summed E-state index contributed by atoms with van der Waals surface area (Å²) in [5.41, 5.74) is 0.801. The molecule has 0 spiro atoms. The highest BCUT2D eigenvalue weighted by Crippen LogP contribution is 2.14. The van der Waals surface area contributed by atoms with Crippen LogP contribution in [-0.2, 0) is 4.79 Å². The lowest BCUT2D eigenvalue weighted by Gasteiger charge is -2.09. The van der Waals surface area contributed by atoms with Gasteiger partial charge in [-0.2, -0.15) is 0 Å². The first-order valence-electron chi connectivity index (χ1n) is 4.73. The molecule has 0 heterocycles. The van der Waals surface area contributed by atoms with Crippen molar-refractivity contribution in [3.63, 3.8) is 0 Å². The maximum absolute atomic E-state index is 10.2. The summed E-state index contributed by atoms with van der Waals surface area (Å²) in [5, 5.41) is 10.2. The zero-order valence-corrected chi connectivity index (χ0v) is 8.77. The van der Waals surface area contributed by atoms with Crippen molar-refractivity contribution in [3.05, 3.63) is 35.9 Å². The minimum Gasteiger partial charge on any atom is -0.545 e. The van der Waals surface area contributed by atoms with Gasteiger partial charge in [0.15, 0.2) is 0 Å². The van der Waals surface area contributed by atoms with Crippen LogP contribution in [0.1, 0.15) is 19.4 Å². The molecule has 0 radical (unpaired) electrons. The van der Waals surface area contributed by atoms with Gasteiger partial charge in [0, 0.05) is 0 Å². The van der Waals surface area contributed by atoms with Crippen molar-refractivity contribution in [1.82, 2.24) is 0 Å². The summed E-state index contributed by atoms with van der Waals surface area (Å²) >= 11 is 0. The molecule has 3 nitrogen and oxygen atoms in total. The number of benzene rings is 1. The molecule has 0 fully saturated rings. The Labute approximate surface area is 89.0 Å². The monoisotopic (exact) mass is 205 g/mol. The van der Waals surface area contributed by atoms with Gasteiger partial charge in [-0.3, -0.25) is 0 Å². The van der Waals surface area contributed by atoms with E-state index in [1.54, 1.807) is 24.3 Å². The number of aliphatic carboxylic acids is 1. The quantitative estimate of drug-likeness (QED) is 0.695. The fourth-order valence-corrected chi connectivity index (χ4v) is 1.09. The fraction of sp³-hybridized carbons (Fsp3) is 0.250. The van der Waals surface area contributed by atoms with E-state index in [1.807, 2.05) is 13.8 Å². The van der Waals surface area contributed by atoms with Crippen molar-refractivity contribution in [1.29, 1.82) is 0 Å². The summed E-state index contributed by atoms with van der Waals surface area (Å²) in [6.07, 6.45) is 2.61. The maximum atomic E-state index is 10.2. The lowest BCUT2D eigenvalue weighted by molar-refractivity contribution is -0.297. The highest BCUT2D eigenvalue weighted by molar-refractivity contribution is 5.83. The number of carbonyl (C=O) groups excluding carboxylic acids is 1. The second-order valence-electron chi connectivity index (χ2n) is 3.39. The van der Waals surface area contributed by atoms with E-state index in [4.69, 9.17) is 4.74 Å². The van der Waals surface area contributed by atoms with Crippen LogP contribution in [-0.4, -0.2) is 12.1 Å². The van der Waals surface area contributed by atoms with Crippen molar-refractivity contribution in [3.8, 4) is 5.75 Å². The van der Waals surface area contributed by atoms with Gasteiger partial charge in [0.2, 0.25) is 0 Å².